The fraction of sp³-hybridized carbons (Fsp3) is 0.333. The Balaban J connectivity index is 2.65. The number of amides is 2. The van der Waals surface area contributed by atoms with E-state index in [0.717, 1.165) is 15.1 Å². The molecular weight excluding hydrogens is 332 g/mol. The summed E-state index contributed by atoms with van der Waals surface area (Å²) in [6.45, 7) is 2.13. The van der Waals surface area contributed by atoms with Gasteiger partial charge in [-0.15, -0.1) is 11.8 Å². The van der Waals surface area contributed by atoms with Crippen LogP contribution in [0.3, 0.4) is 0 Å². The molecule has 0 fully saturated rings. The second-order valence-electron chi connectivity index (χ2n) is 3.57. The number of aliphatic carboxylic acids is 1. The van der Waals surface area contributed by atoms with Crippen LogP contribution in [-0.4, -0.2) is 29.4 Å². The predicted octanol–water partition coefficient (Wildman–Crippen LogP) is 3.16. The minimum absolute atomic E-state index is 0.0973. The molecule has 0 aliphatic heterocycles. The summed E-state index contributed by atoms with van der Waals surface area (Å²) in [4.78, 5) is 23.0. The van der Waals surface area contributed by atoms with Crippen LogP contribution in [0.4, 0.5) is 10.5 Å². The van der Waals surface area contributed by atoms with Crippen LogP contribution in [0.25, 0.3) is 0 Å². The molecule has 0 spiro atoms. The number of hydrogen-bond donors (Lipinski definition) is 3. The third-order valence-corrected chi connectivity index (χ3v) is 3.74. The maximum absolute atomic E-state index is 11.7. The van der Waals surface area contributed by atoms with E-state index in [1.807, 2.05) is 25.1 Å². The third kappa shape index (κ3) is 5.52. The number of para-hydroxylation sites is 1. The minimum atomic E-state index is -0.941. The monoisotopic (exact) mass is 346 g/mol. The van der Waals surface area contributed by atoms with Crippen LogP contribution in [-0.2, 0) is 4.79 Å². The van der Waals surface area contributed by atoms with Crippen molar-refractivity contribution in [2.45, 2.75) is 18.2 Å². The van der Waals surface area contributed by atoms with E-state index in [1.54, 1.807) is 11.8 Å². The summed E-state index contributed by atoms with van der Waals surface area (Å²) >= 11 is 5.01. The maximum Gasteiger partial charge on any atom is 0.319 e. The number of anilines is 1. The fourth-order valence-corrected chi connectivity index (χ4v) is 2.73. The number of carbonyl (C=O) groups is 2. The molecule has 1 aromatic carbocycles. The number of nitrogens with one attached hydrogen (secondary N) is 2. The van der Waals surface area contributed by atoms with Crippen molar-refractivity contribution in [3.05, 3.63) is 22.7 Å². The Morgan fingerprint density at radius 1 is 1.42 bits per heavy atom. The number of rotatable bonds is 6. The van der Waals surface area contributed by atoms with Gasteiger partial charge in [-0.2, -0.15) is 0 Å². The van der Waals surface area contributed by atoms with Crippen molar-refractivity contribution < 1.29 is 14.7 Å². The number of benzene rings is 1. The van der Waals surface area contributed by atoms with Crippen LogP contribution >= 0.6 is 27.7 Å². The summed E-state index contributed by atoms with van der Waals surface area (Å²) in [5.74, 6) is -0.0467. The lowest BCUT2D eigenvalue weighted by atomic mass is 10.3. The smallest absolute Gasteiger partial charge is 0.319 e. The SMILES string of the molecule is CCSc1cccc(Br)c1NC(=O)NCCC(=O)O. The van der Waals surface area contributed by atoms with E-state index in [4.69, 9.17) is 5.11 Å². The number of carbonyl (C=O) groups excluding carboxylic acids is 1. The van der Waals surface area contributed by atoms with Gasteiger partial charge < -0.3 is 15.7 Å². The van der Waals surface area contributed by atoms with Crippen molar-refractivity contribution in [2.75, 3.05) is 17.6 Å². The standard InChI is InChI=1S/C12H15BrN2O3S/c1-2-19-9-5-3-4-8(13)11(9)15-12(18)14-7-6-10(16)17/h3-5H,2,6-7H2,1H3,(H,16,17)(H2,14,15,18). The van der Waals surface area contributed by atoms with Crippen molar-refractivity contribution in [1.29, 1.82) is 0 Å². The topological polar surface area (TPSA) is 78.4 Å². The van der Waals surface area contributed by atoms with Gasteiger partial charge in [0.2, 0.25) is 0 Å². The van der Waals surface area contributed by atoms with Gasteiger partial charge in [0.05, 0.1) is 12.1 Å². The van der Waals surface area contributed by atoms with Gasteiger partial charge in [-0.05, 0) is 33.8 Å². The van der Waals surface area contributed by atoms with Gasteiger partial charge in [0.15, 0.2) is 0 Å². The normalized spacial score (nSPS) is 10.0. The van der Waals surface area contributed by atoms with Crippen molar-refractivity contribution in [2.24, 2.45) is 0 Å². The molecule has 0 saturated carbocycles. The molecule has 7 heteroatoms. The molecule has 0 unspecified atom stereocenters. The molecular formula is C12H15BrN2O3S. The second-order valence-corrected chi connectivity index (χ2v) is 5.73. The zero-order valence-electron chi connectivity index (χ0n) is 10.4. The molecule has 104 valence electrons. The Morgan fingerprint density at radius 2 is 2.16 bits per heavy atom. The highest BCUT2D eigenvalue weighted by atomic mass is 79.9. The van der Waals surface area contributed by atoms with Gasteiger partial charge in [0.1, 0.15) is 0 Å². The average molecular weight is 347 g/mol. The van der Waals surface area contributed by atoms with Gasteiger partial charge in [0.25, 0.3) is 0 Å². The number of halogens is 1. The van der Waals surface area contributed by atoms with E-state index in [-0.39, 0.29) is 13.0 Å². The summed E-state index contributed by atoms with van der Waals surface area (Å²) in [5, 5.41) is 13.7. The van der Waals surface area contributed by atoms with E-state index in [0.29, 0.717) is 5.69 Å². The quantitative estimate of drug-likeness (QED) is 0.691. The molecule has 1 aromatic rings. The zero-order chi connectivity index (χ0) is 14.3. The number of carboxylic acid groups (broad SMARTS) is 1. The van der Waals surface area contributed by atoms with Gasteiger partial charge in [-0.3, -0.25) is 4.79 Å². The van der Waals surface area contributed by atoms with E-state index >= 15 is 0 Å². The molecule has 0 aromatic heterocycles. The lowest BCUT2D eigenvalue weighted by Gasteiger charge is -2.12. The summed E-state index contributed by atoms with van der Waals surface area (Å²) in [7, 11) is 0. The Labute approximate surface area is 124 Å². The van der Waals surface area contributed by atoms with Crippen molar-refractivity contribution in [3.8, 4) is 0 Å². The van der Waals surface area contributed by atoms with Crippen LogP contribution < -0.4 is 10.6 Å². The molecule has 0 heterocycles. The summed E-state index contributed by atoms with van der Waals surface area (Å²) < 4.78 is 0.791. The summed E-state index contributed by atoms with van der Waals surface area (Å²) in [6, 6.07) is 5.25. The number of urea groups is 1. The lowest BCUT2D eigenvalue weighted by Crippen LogP contribution is -2.30. The van der Waals surface area contributed by atoms with E-state index in [1.165, 1.54) is 0 Å². The van der Waals surface area contributed by atoms with Crippen LogP contribution in [0.15, 0.2) is 27.6 Å². The van der Waals surface area contributed by atoms with E-state index in [9.17, 15) is 9.59 Å². The highest BCUT2D eigenvalue weighted by molar-refractivity contribution is 9.10. The van der Waals surface area contributed by atoms with Crippen LogP contribution in [0.5, 0.6) is 0 Å². The first-order valence-electron chi connectivity index (χ1n) is 5.72. The highest BCUT2D eigenvalue weighted by Crippen LogP contribution is 2.33. The molecule has 3 N–H and O–H groups in total. The molecule has 0 aliphatic rings. The summed E-state index contributed by atoms with van der Waals surface area (Å²) in [6.07, 6.45) is -0.0973. The molecule has 0 bridgehead atoms. The Morgan fingerprint density at radius 3 is 2.79 bits per heavy atom. The molecule has 1 rings (SSSR count). The first-order valence-corrected chi connectivity index (χ1v) is 7.50. The van der Waals surface area contributed by atoms with Crippen LogP contribution in [0.2, 0.25) is 0 Å². The van der Waals surface area contributed by atoms with Gasteiger partial charge in [0, 0.05) is 15.9 Å². The Bertz CT molecular complexity index is 468. The highest BCUT2D eigenvalue weighted by Gasteiger charge is 2.10. The molecule has 0 aliphatic carbocycles. The largest absolute Gasteiger partial charge is 0.481 e. The fourth-order valence-electron chi connectivity index (χ4n) is 1.34. The first kappa shape index (κ1) is 15.8. The average Bonchev–Trinajstić information content (AvgIpc) is 2.33. The van der Waals surface area contributed by atoms with Gasteiger partial charge in [-0.1, -0.05) is 13.0 Å². The molecule has 5 nitrogen and oxygen atoms in total. The van der Waals surface area contributed by atoms with E-state index < -0.39 is 12.0 Å². The van der Waals surface area contributed by atoms with Gasteiger partial charge >= 0.3 is 12.0 Å². The number of carboxylic acids is 1. The first-order chi connectivity index (χ1) is 9.04. The lowest BCUT2D eigenvalue weighted by molar-refractivity contribution is -0.136. The molecule has 0 radical (unpaired) electrons. The molecule has 0 atom stereocenters. The predicted molar refractivity (Wildman–Crippen MR) is 79.8 cm³/mol. The summed E-state index contributed by atoms with van der Waals surface area (Å²) in [5.41, 5.74) is 0.696. The third-order valence-electron chi connectivity index (χ3n) is 2.14. The Hall–Kier alpha value is -1.21. The number of thioether (sulfide) groups is 1. The van der Waals surface area contributed by atoms with Crippen LogP contribution in [0, 0.1) is 0 Å². The molecule has 0 saturated heterocycles. The number of hydrogen-bond acceptors (Lipinski definition) is 3. The van der Waals surface area contributed by atoms with Crippen molar-refractivity contribution >= 4 is 45.4 Å². The van der Waals surface area contributed by atoms with Crippen LogP contribution in [0.1, 0.15) is 13.3 Å². The molecule has 2 amide bonds. The second kappa shape index (κ2) is 8.06. The van der Waals surface area contributed by atoms with Crippen molar-refractivity contribution in [3.63, 3.8) is 0 Å². The minimum Gasteiger partial charge on any atom is -0.481 e. The molecule has 19 heavy (non-hydrogen) atoms. The van der Waals surface area contributed by atoms with Crippen molar-refractivity contribution in [1.82, 2.24) is 5.32 Å². The zero-order valence-corrected chi connectivity index (χ0v) is 12.8. The van der Waals surface area contributed by atoms with E-state index in [2.05, 4.69) is 26.6 Å². The van der Waals surface area contributed by atoms with Gasteiger partial charge in [-0.25, -0.2) is 4.79 Å². The Kier molecular flexibility index (Phi) is 6.72. The maximum atomic E-state index is 11.7.